The number of hydrogen-bond donors (Lipinski definition) is 2. The van der Waals surface area contributed by atoms with E-state index in [1.165, 1.54) is 5.56 Å². The van der Waals surface area contributed by atoms with Crippen molar-refractivity contribution in [2.75, 3.05) is 10.6 Å². The molecule has 3 aromatic rings. The van der Waals surface area contributed by atoms with E-state index in [0.717, 1.165) is 22.6 Å². The van der Waals surface area contributed by atoms with E-state index in [0.29, 0.717) is 5.69 Å². The van der Waals surface area contributed by atoms with Gasteiger partial charge >= 0.3 is 0 Å². The molecular formula is C20H19N3O. The van der Waals surface area contributed by atoms with Gasteiger partial charge in [0.1, 0.15) is 5.69 Å². The van der Waals surface area contributed by atoms with Crippen molar-refractivity contribution >= 4 is 23.0 Å². The molecule has 2 aromatic carbocycles. The summed E-state index contributed by atoms with van der Waals surface area (Å²) in [6, 6.07) is 19.3. The van der Waals surface area contributed by atoms with Crippen molar-refractivity contribution in [3.8, 4) is 0 Å². The zero-order valence-electron chi connectivity index (χ0n) is 13.7. The SMILES string of the molecule is Cc1ccc(NC(=O)c2cc(Nc3cccc(C)c3)ccn2)cc1. The molecule has 0 spiro atoms. The van der Waals surface area contributed by atoms with E-state index >= 15 is 0 Å². The Labute approximate surface area is 141 Å². The quantitative estimate of drug-likeness (QED) is 0.733. The van der Waals surface area contributed by atoms with E-state index in [2.05, 4.69) is 15.6 Å². The summed E-state index contributed by atoms with van der Waals surface area (Å²) in [6.45, 7) is 4.05. The van der Waals surface area contributed by atoms with Gasteiger partial charge in [0, 0.05) is 23.3 Å². The third-order valence-electron chi connectivity index (χ3n) is 3.61. The van der Waals surface area contributed by atoms with Crippen LogP contribution >= 0.6 is 0 Å². The highest BCUT2D eigenvalue weighted by molar-refractivity contribution is 6.03. The van der Waals surface area contributed by atoms with Crippen LogP contribution in [0, 0.1) is 13.8 Å². The largest absolute Gasteiger partial charge is 0.355 e. The molecule has 0 fully saturated rings. The van der Waals surface area contributed by atoms with Crippen LogP contribution in [0.3, 0.4) is 0 Å². The molecule has 0 unspecified atom stereocenters. The van der Waals surface area contributed by atoms with Crippen LogP contribution in [-0.4, -0.2) is 10.9 Å². The van der Waals surface area contributed by atoms with Crippen LogP contribution in [0.4, 0.5) is 17.1 Å². The fraction of sp³-hybridized carbons (Fsp3) is 0.100. The summed E-state index contributed by atoms with van der Waals surface area (Å²) in [5.41, 5.74) is 5.25. The minimum Gasteiger partial charge on any atom is -0.355 e. The molecule has 120 valence electrons. The molecule has 1 heterocycles. The van der Waals surface area contributed by atoms with Gasteiger partial charge in [-0.3, -0.25) is 9.78 Å². The highest BCUT2D eigenvalue weighted by atomic mass is 16.1. The number of anilines is 3. The molecule has 0 saturated heterocycles. The highest BCUT2D eigenvalue weighted by Crippen LogP contribution is 2.18. The van der Waals surface area contributed by atoms with E-state index in [1.807, 2.05) is 68.4 Å². The third-order valence-corrected chi connectivity index (χ3v) is 3.61. The second-order valence-corrected chi connectivity index (χ2v) is 5.74. The van der Waals surface area contributed by atoms with Gasteiger partial charge in [-0.2, -0.15) is 0 Å². The summed E-state index contributed by atoms with van der Waals surface area (Å²) in [6.07, 6.45) is 1.63. The standard InChI is InChI=1S/C20H19N3O/c1-14-6-8-16(9-7-14)23-20(24)19-13-18(10-11-21-19)22-17-5-3-4-15(2)12-17/h3-13H,1-2H3,(H,21,22)(H,23,24). The molecule has 4 heteroatoms. The highest BCUT2D eigenvalue weighted by Gasteiger charge is 2.08. The van der Waals surface area contributed by atoms with Gasteiger partial charge in [-0.25, -0.2) is 0 Å². The first-order chi connectivity index (χ1) is 11.6. The molecule has 24 heavy (non-hydrogen) atoms. The maximum Gasteiger partial charge on any atom is 0.274 e. The molecule has 0 aliphatic heterocycles. The smallest absolute Gasteiger partial charge is 0.274 e. The van der Waals surface area contributed by atoms with Crippen molar-refractivity contribution in [1.29, 1.82) is 0 Å². The summed E-state index contributed by atoms with van der Waals surface area (Å²) < 4.78 is 0. The summed E-state index contributed by atoms with van der Waals surface area (Å²) in [4.78, 5) is 16.5. The molecule has 0 saturated carbocycles. The summed E-state index contributed by atoms with van der Waals surface area (Å²) in [5, 5.41) is 6.15. The predicted octanol–water partition coefficient (Wildman–Crippen LogP) is 4.69. The Hall–Kier alpha value is -3.14. The molecule has 0 bridgehead atoms. The van der Waals surface area contributed by atoms with Crippen LogP contribution in [0.15, 0.2) is 66.9 Å². The van der Waals surface area contributed by atoms with Gasteiger partial charge in [-0.15, -0.1) is 0 Å². The average molecular weight is 317 g/mol. The number of benzene rings is 2. The number of hydrogen-bond acceptors (Lipinski definition) is 3. The van der Waals surface area contributed by atoms with Gasteiger partial charge in [-0.1, -0.05) is 29.8 Å². The monoisotopic (exact) mass is 317 g/mol. The van der Waals surface area contributed by atoms with E-state index in [9.17, 15) is 4.79 Å². The van der Waals surface area contributed by atoms with Gasteiger partial charge in [0.05, 0.1) is 0 Å². The molecule has 2 N–H and O–H groups in total. The van der Waals surface area contributed by atoms with Crippen LogP contribution in [0.5, 0.6) is 0 Å². The Morgan fingerprint density at radius 3 is 2.33 bits per heavy atom. The predicted molar refractivity (Wildman–Crippen MR) is 97.8 cm³/mol. The summed E-state index contributed by atoms with van der Waals surface area (Å²) in [7, 11) is 0. The van der Waals surface area contributed by atoms with Gasteiger partial charge in [0.25, 0.3) is 5.91 Å². The second-order valence-electron chi connectivity index (χ2n) is 5.74. The molecule has 0 atom stereocenters. The van der Waals surface area contributed by atoms with E-state index in [-0.39, 0.29) is 5.91 Å². The third kappa shape index (κ3) is 3.98. The lowest BCUT2D eigenvalue weighted by Crippen LogP contribution is -2.13. The number of carbonyl (C=O) groups is 1. The van der Waals surface area contributed by atoms with Crippen LogP contribution in [0.2, 0.25) is 0 Å². The minimum absolute atomic E-state index is 0.230. The number of rotatable bonds is 4. The number of nitrogens with one attached hydrogen (secondary N) is 2. The number of carbonyl (C=O) groups excluding carboxylic acids is 1. The van der Waals surface area contributed by atoms with Gasteiger partial charge < -0.3 is 10.6 Å². The zero-order valence-corrected chi connectivity index (χ0v) is 13.7. The van der Waals surface area contributed by atoms with Gasteiger partial charge in [-0.05, 0) is 55.8 Å². The first-order valence-corrected chi connectivity index (χ1v) is 7.78. The lowest BCUT2D eigenvalue weighted by atomic mass is 10.2. The summed E-state index contributed by atoms with van der Waals surface area (Å²) in [5.74, 6) is -0.230. The van der Waals surface area contributed by atoms with Crippen LogP contribution in [-0.2, 0) is 0 Å². The lowest BCUT2D eigenvalue weighted by molar-refractivity contribution is 0.102. The van der Waals surface area contributed by atoms with Crippen molar-refractivity contribution in [2.45, 2.75) is 13.8 Å². The Kier molecular flexibility index (Phi) is 4.57. The molecule has 1 amide bonds. The minimum atomic E-state index is -0.230. The Morgan fingerprint density at radius 1 is 0.833 bits per heavy atom. The molecule has 0 aliphatic rings. The first-order valence-electron chi connectivity index (χ1n) is 7.78. The summed E-state index contributed by atoms with van der Waals surface area (Å²) >= 11 is 0. The number of nitrogens with zero attached hydrogens (tertiary/aromatic N) is 1. The van der Waals surface area contributed by atoms with Gasteiger partial charge in [0.15, 0.2) is 0 Å². The molecule has 0 radical (unpaired) electrons. The van der Waals surface area contributed by atoms with Crippen molar-refractivity contribution in [1.82, 2.24) is 4.98 Å². The second kappa shape index (κ2) is 6.96. The molecule has 0 aliphatic carbocycles. The number of pyridine rings is 1. The Bertz CT molecular complexity index is 857. The van der Waals surface area contributed by atoms with Crippen molar-refractivity contribution < 1.29 is 4.79 Å². The molecule has 4 nitrogen and oxygen atoms in total. The van der Waals surface area contributed by atoms with E-state index in [4.69, 9.17) is 0 Å². The molecule has 1 aromatic heterocycles. The van der Waals surface area contributed by atoms with Crippen molar-refractivity contribution in [3.63, 3.8) is 0 Å². The number of aromatic nitrogens is 1. The van der Waals surface area contributed by atoms with E-state index < -0.39 is 0 Å². The topological polar surface area (TPSA) is 54.0 Å². The van der Waals surface area contributed by atoms with Crippen LogP contribution in [0.1, 0.15) is 21.6 Å². The first kappa shape index (κ1) is 15.7. The normalized spacial score (nSPS) is 10.2. The number of amides is 1. The van der Waals surface area contributed by atoms with Crippen LogP contribution < -0.4 is 10.6 Å². The molecule has 3 rings (SSSR count). The van der Waals surface area contributed by atoms with E-state index in [1.54, 1.807) is 12.3 Å². The Balaban J connectivity index is 1.74. The maximum atomic E-state index is 12.4. The fourth-order valence-electron chi connectivity index (χ4n) is 2.35. The fourth-order valence-corrected chi connectivity index (χ4v) is 2.35. The lowest BCUT2D eigenvalue weighted by Gasteiger charge is -2.09. The zero-order chi connectivity index (χ0) is 16.9. The van der Waals surface area contributed by atoms with Crippen molar-refractivity contribution in [3.05, 3.63) is 83.7 Å². The number of aryl methyl sites for hydroxylation is 2. The van der Waals surface area contributed by atoms with Crippen LogP contribution in [0.25, 0.3) is 0 Å². The van der Waals surface area contributed by atoms with Gasteiger partial charge in [0.2, 0.25) is 0 Å². The van der Waals surface area contributed by atoms with Crippen molar-refractivity contribution in [2.24, 2.45) is 0 Å². The molecular weight excluding hydrogens is 298 g/mol. The average Bonchev–Trinajstić information content (AvgIpc) is 2.57. The Morgan fingerprint density at radius 2 is 1.58 bits per heavy atom. The maximum absolute atomic E-state index is 12.4.